The van der Waals surface area contributed by atoms with Crippen molar-refractivity contribution in [2.24, 2.45) is 0 Å². The van der Waals surface area contributed by atoms with Crippen LogP contribution in [0.3, 0.4) is 0 Å². The maximum absolute atomic E-state index is 14.0. The molecule has 0 radical (unpaired) electrons. The predicted octanol–water partition coefficient (Wildman–Crippen LogP) is 5.75. The lowest BCUT2D eigenvalue weighted by Crippen LogP contribution is -2.56. The summed E-state index contributed by atoms with van der Waals surface area (Å²) in [5.74, 6) is -1.18. The summed E-state index contributed by atoms with van der Waals surface area (Å²) in [7, 11) is 0. The Kier molecular flexibility index (Phi) is 7.13. The van der Waals surface area contributed by atoms with Crippen LogP contribution in [-0.2, 0) is 29.8 Å². The van der Waals surface area contributed by atoms with Crippen LogP contribution >= 0.6 is 22.6 Å². The summed E-state index contributed by atoms with van der Waals surface area (Å²) in [6.45, 7) is 0.147. The third-order valence-electron chi connectivity index (χ3n) is 7.16. The van der Waals surface area contributed by atoms with E-state index in [9.17, 15) is 19.8 Å². The molecule has 186 valence electrons. The van der Waals surface area contributed by atoms with Gasteiger partial charge in [-0.2, -0.15) is 0 Å². The van der Waals surface area contributed by atoms with E-state index in [1.165, 1.54) is 0 Å². The van der Waals surface area contributed by atoms with E-state index in [1.54, 1.807) is 41.3 Å². The van der Waals surface area contributed by atoms with E-state index in [4.69, 9.17) is 0 Å². The zero-order valence-corrected chi connectivity index (χ0v) is 22.2. The number of carbonyl (C=O) groups is 2. The van der Waals surface area contributed by atoms with Crippen molar-refractivity contribution in [1.29, 1.82) is 0 Å². The number of aliphatic hydroxyl groups excluding tert-OH is 1. The molecule has 6 heteroatoms. The molecule has 2 atom stereocenters. The third kappa shape index (κ3) is 4.55. The number of aliphatic hydroxyl groups is 1. The predicted molar refractivity (Wildman–Crippen MR) is 150 cm³/mol. The van der Waals surface area contributed by atoms with Gasteiger partial charge in [0.15, 0.2) is 0 Å². The molecule has 4 aromatic rings. The third-order valence-corrected chi connectivity index (χ3v) is 8.21. The number of carboxylic acids is 1. The van der Waals surface area contributed by atoms with Gasteiger partial charge in [-0.25, -0.2) is 0 Å². The highest BCUT2D eigenvalue weighted by molar-refractivity contribution is 14.1. The molecular formula is C31H26INO4. The topological polar surface area (TPSA) is 77.8 Å². The van der Waals surface area contributed by atoms with Crippen LogP contribution in [0.1, 0.15) is 44.2 Å². The first kappa shape index (κ1) is 25.2. The molecule has 5 rings (SSSR count). The normalized spacial score (nSPS) is 18.9. The number of carbonyl (C=O) groups excluding carboxylic acids is 1. The fourth-order valence-corrected chi connectivity index (χ4v) is 5.98. The molecule has 37 heavy (non-hydrogen) atoms. The van der Waals surface area contributed by atoms with Gasteiger partial charge in [0, 0.05) is 15.7 Å². The van der Waals surface area contributed by atoms with Crippen LogP contribution in [0.5, 0.6) is 0 Å². The molecule has 0 saturated carbocycles. The minimum Gasteiger partial charge on any atom is -0.480 e. The molecule has 2 N–H and O–H groups in total. The SMILES string of the molecule is O=C1c2ccccc2[C@](Cc2ccccc2I)(C(=O)O)[C@H](c2ccc(CO)cc2)N1Cc1ccccc1. The minimum atomic E-state index is -1.44. The molecule has 0 aromatic heterocycles. The lowest BCUT2D eigenvalue weighted by Gasteiger charge is -2.49. The summed E-state index contributed by atoms with van der Waals surface area (Å²) in [6, 6.07) is 31.0. The number of hydrogen-bond donors (Lipinski definition) is 2. The van der Waals surface area contributed by atoms with Crippen molar-refractivity contribution >= 4 is 34.5 Å². The van der Waals surface area contributed by atoms with Gasteiger partial charge in [0.2, 0.25) is 0 Å². The summed E-state index contributed by atoms with van der Waals surface area (Å²) in [6.07, 6.45) is 0.212. The average molecular weight is 603 g/mol. The number of benzene rings is 4. The summed E-state index contributed by atoms with van der Waals surface area (Å²) < 4.78 is 0.971. The average Bonchev–Trinajstić information content (AvgIpc) is 2.93. The van der Waals surface area contributed by atoms with Crippen molar-refractivity contribution in [2.45, 2.75) is 31.0 Å². The van der Waals surface area contributed by atoms with Crippen LogP contribution in [0.2, 0.25) is 0 Å². The molecule has 0 saturated heterocycles. The Bertz CT molecular complexity index is 1440. The van der Waals surface area contributed by atoms with Crippen LogP contribution in [0.25, 0.3) is 0 Å². The molecule has 1 amide bonds. The van der Waals surface area contributed by atoms with E-state index >= 15 is 0 Å². The molecule has 0 aliphatic carbocycles. The molecule has 0 bridgehead atoms. The molecule has 1 aliphatic heterocycles. The number of hydrogen-bond acceptors (Lipinski definition) is 3. The summed E-state index contributed by atoms with van der Waals surface area (Å²) in [5, 5.41) is 20.7. The van der Waals surface area contributed by atoms with Gasteiger partial charge in [0.1, 0.15) is 5.41 Å². The van der Waals surface area contributed by atoms with Gasteiger partial charge in [-0.05, 0) is 69.0 Å². The smallest absolute Gasteiger partial charge is 0.316 e. The highest BCUT2D eigenvalue weighted by Gasteiger charge is 2.56. The number of aliphatic carboxylic acids is 1. The van der Waals surface area contributed by atoms with Crippen LogP contribution in [0.15, 0.2) is 103 Å². The second-order valence-electron chi connectivity index (χ2n) is 9.31. The van der Waals surface area contributed by atoms with E-state index in [0.717, 1.165) is 20.3 Å². The van der Waals surface area contributed by atoms with E-state index in [-0.39, 0.29) is 25.5 Å². The number of halogens is 1. The fourth-order valence-electron chi connectivity index (χ4n) is 5.40. The van der Waals surface area contributed by atoms with Gasteiger partial charge < -0.3 is 15.1 Å². The number of nitrogens with zero attached hydrogens (tertiary/aromatic N) is 1. The quantitative estimate of drug-likeness (QED) is 0.264. The number of rotatable bonds is 7. The van der Waals surface area contributed by atoms with Gasteiger partial charge in [-0.15, -0.1) is 0 Å². The van der Waals surface area contributed by atoms with Gasteiger partial charge in [-0.1, -0.05) is 91.0 Å². The Hall–Kier alpha value is -3.49. The van der Waals surface area contributed by atoms with Crippen molar-refractivity contribution in [2.75, 3.05) is 0 Å². The molecule has 0 unspecified atom stereocenters. The Balaban J connectivity index is 1.80. The lowest BCUT2D eigenvalue weighted by molar-refractivity contribution is -0.147. The highest BCUT2D eigenvalue weighted by Crippen LogP contribution is 2.50. The van der Waals surface area contributed by atoms with Crippen molar-refractivity contribution in [1.82, 2.24) is 4.90 Å². The van der Waals surface area contributed by atoms with Crippen LogP contribution in [0.4, 0.5) is 0 Å². The van der Waals surface area contributed by atoms with Crippen molar-refractivity contribution in [3.8, 4) is 0 Å². The maximum Gasteiger partial charge on any atom is 0.316 e. The fraction of sp³-hybridized carbons (Fsp3) is 0.161. The molecule has 0 spiro atoms. The second kappa shape index (κ2) is 10.5. The Morgan fingerprint density at radius 1 is 0.838 bits per heavy atom. The first-order chi connectivity index (χ1) is 18.0. The van der Waals surface area contributed by atoms with Gasteiger partial charge in [0.05, 0.1) is 12.6 Å². The zero-order chi connectivity index (χ0) is 26.0. The molecule has 4 aromatic carbocycles. The van der Waals surface area contributed by atoms with Gasteiger partial charge in [-0.3, -0.25) is 9.59 Å². The number of amides is 1. The monoisotopic (exact) mass is 603 g/mol. The Morgan fingerprint density at radius 2 is 1.49 bits per heavy atom. The van der Waals surface area contributed by atoms with E-state index in [2.05, 4.69) is 22.6 Å². The molecular weight excluding hydrogens is 577 g/mol. The largest absolute Gasteiger partial charge is 0.480 e. The van der Waals surface area contributed by atoms with Crippen LogP contribution in [0, 0.1) is 3.57 Å². The van der Waals surface area contributed by atoms with Crippen molar-refractivity contribution < 1.29 is 19.8 Å². The van der Waals surface area contributed by atoms with Crippen molar-refractivity contribution in [3.63, 3.8) is 0 Å². The molecule has 1 heterocycles. The highest BCUT2D eigenvalue weighted by atomic mass is 127. The summed E-state index contributed by atoms with van der Waals surface area (Å²) >= 11 is 2.24. The minimum absolute atomic E-state index is 0.118. The van der Waals surface area contributed by atoms with E-state index < -0.39 is 17.4 Å². The number of carboxylic acid groups (broad SMARTS) is 1. The maximum atomic E-state index is 14.0. The summed E-state index contributed by atoms with van der Waals surface area (Å²) in [5.41, 5.74) is 2.75. The van der Waals surface area contributed by atoms with E-state index in [0.29, 0.717) is 16.7 Å². The van der Waals surface area contributed by atoms with Gasteiger partial charge >= 0.3 is 5.97 Å². The molecule has 5 nitrogen and oxygen atoms in total. The Morgan fingerprint density at radius 3 is 2.16 bits per heavy atom. The molecule has 0 fully saturated rings. The van der Waals surface area contributed by atoms with Crippen molar-refractivity contribution in [3.05, 3.63) is 140 Å². The Labute approximate surface area is 229 Å². The zero-order valence-electron chi connectivity index (χ0n) is 20.0. The van der Waals surface area contributed by atoms with Crippen LogP contribution in [-0.4, -0.2) is 27.0 Å². The number of fused-ring (bicyclic) bond motifs is 1. The first-order valence-corrected chi connectivity index (χ1v) is 13.1. The van der Waals surface area contributed by atoms with Crippen LogP contribution < -0.4 is 0 Å². The van der Waals surface area contributed by atoms with E-state index in [1.807, 2.05) is 66.7 Å². The summed E-state index contributed by atoms with van der Waals surface area (Å²) in [4.78, 5) is 29.3. The standard InChI is InChI=1S/C31H26INO4/c32-27-13-7-4-10-24(27)18-31(30(36)37)26-12-6-5-11-25(26)29(35)33(19-21-8-2-1-3-9-21)28(31)23-16-14-22(20-34)15-17-23/h1-17,28,34H,18-20H2,(H,36,37)/t28-,31-/m0/s1. The lowest BCUT2D eigenvalue weighted by atomic mass is 9.63. The second-order valence-corrected chi connectivity index (χ2v) is 10.5. The molecule has 1 aliphatic rings. The first-order valence-electron chi connectivity index (χ1n) is 12.1. The van der Waals surface area contributed by atoms with Gasteiger partial charge in [0.25, 0.3) is 5.91 Å².